The SMILES string of the molecule is CCN(C)C[C@H](O)COc1ccc(C(C)N2C3CCC2CC(NC(=O)c2cccc(Br)n2)C3)c(C)c1C. The van der Waals surface area contributed by atoms with E-state index in [4.69, 9.17) is 4.74 Å². The van der Waals surface area contributed by atoms with Crippen molar-refractivity contribution < 1.29 is 14.6 Å². The van der Waals surface area contributed by atoms with Gasteiger partial charge in [-0.3, -0.25) is 9.69 Å². The first-order valence-corrected chi connectivity index (χ1v) is 14.3. The third-order valence-electron chi connectivity index (χ3n) is 8.24. The van der Waals surface area contributed by atoms with E-state index in [1.54, 1.807) is 6.07 Å². The lowest BCUT2D eigenvalue weighted by atomic mass is 9.91. The number of hydrogen-bond donors (Lipinski definition) is 2. The number of nitrogens with zero attached hydrogens (tertiary/aromatic N) is 3. The summed E-state index contributed by atoms with van der Waals surface area (Å²) in [5.74, 6) is 0.748. The number of aliphatic hydroxyl groups excluding tert-OH is 1. The van der Waals surface area contributed by atoms with Crippen molar-refractivity contribution in [2.75, 3.05) is 26.7 Å². The van der Waals surface area contributed by atoms with Crippen LogP contribution in [0.15, 0.2) is 34.9 Å². The van der Waals surface area contributed by atoms with E-state index in [2.05, 4.69) is 75.9 Å². The predicted octanol–water partition coefficient (Wildman–Crippen LogP) is 4.64. The fourth-order valence-electron chi connectivity index (χ4n) is 6.07. The number of aromatic nitrogens is 1. The van der Waals surface area contributed by atoms with Gasteiger partial charge in [0, 0.05) is 30.7 Å². The molecular formula is C29H41BrN4O3. The van der Waals surface area contributed by atoms with Crippen LogP contribution in [0.4, 0.5) is 0 Å². The van der Waals surface area contributed by atoms with Gasteiger partial charge in [-0.05, 0) is 111 Å². The second-order valence-corrected chi connectivity index (χ2v) is 11.5. The molecule has 1 aromatic carbocycles. The third-order valence-corrected chi connectivity index (χ3v) is 8.68. The first-order chi connectivity index (χ1) is 17.7. The molecule has 3 unspecified atom stereocenters. The molecule has 2 saturated heterocycles. The summed E-state index contributed by atoms with van der Waals surface area (Å²) in [6.45, 7) is 10.5. The van der Waals surface area contributed by atoms with Gasteiger partial charge in [0.05, 0.1) is 0 Å². The normalized spacial score (nSPS) is 23.2. The average molecular weight is 574 g/mol. The zero-order valence-electron chi connectivity index (χ0n) is 22.7. The number of likely N-dealkylation sites (N-methyl/N-ethyl adjacent to an activating group) is 1. The van der Waals surface area contributed by atoms with Gasteiger partial charge in [-0.25, -0.2) is 4.98 Å². The van der Waals surface area contributed by atoms with Crippen molar-refractivity contribution in [2.45, 2.75) is 83.6 Å². The molecule has 2 fully saturated rings. The number of benzene rings is 1. The van der Waals surface area contributed by atoms with E-state index in [-0.39, 0.29) is 18.0 Å². The third kappa shape index (κ3) is 6.53. The Morgan fingerprint density at radius 3 is 2.57 bits per heavy atom. The Morgan fingerprint density at radius 2 is 1.92 bits per heavy atom. The fraction of sp³-hybridized carbons (Fsp3) is 0.586. The molecule has 4 atom stereocenters. The molecule has 1 aromatic heterocycles. The Bertz CT molecular complexity index is 1080. The molecule has 2 aromatic rings. The molecule has 7 nitrogen and oxygen atoms in total. The highest BCUT2D eigenvalue weighted by molar-refractivity contribution is 9.10. The maximum Gasteiger partial charge on any atom is 0.270 e. The molecule has 3 heterocycles. The lowest BCUT2D eigenvalue weighted by Crippen LogP contribution is -2.51. The molecule has 2 bridgehead atoms. The van der Waals surface area contributed by atoms with Crippen LogP contribution < -0.4 is 10.1 Å². The lowest BCUT2D eigenvalue weighted by Gasteiger charge is -2.43. The van der Waals surface area contributed by atoms with Crippen LogP contribution in [-0.2, 0) is 0 Å². The van der Waals surface area contributed by atoms with Gasteiger partial charge in [-0.1, -0.05) is 19.1 Å². The van der Waals surface area contributed by atoms with Crippen molar-refractivity contribution in [1.82, 2.24) is 20.1 Å². The average Bonchev–Trinajstić information content (AvgIpc) is 3.14. The van der Waals surface area contributed by atoms with Crippen LogP contribution in [-0.4, -0.2) is 76.8 Å². The van der Waals surface area contributed by atoms with E-state index in [9.17, 15) is 9.90 Å². The summed E-state index contributed by atoms with van der Waals surface area (Å²) in [4.78, 5) is 21.8. The minimum absolute atomic E-state index is 0.0966. The summed E-state index contributed by atoms with van der Waals surface area (Å²) < 4.78 is 6.69. The van der Waals surface area contributed by atoms with E-state index >= 15 is 0 Å². The smallest absolute Gasteiger partial charge is 0.270 e. The summed E-state index contributed by atoms with van der Waals surface area (Å²) in [5.41, 5.74) is 4.17. The summed E-state index contributed by atoms with van der Waals surface area (Å²) in [5, 5.41) is 13.5. The maximum absolute atomic E-state index is 12.8. The summed E-state index contributed by atoms with van der Waals surface area (Å²) in [7, 11) is 2.00. The summed E-state index contributed by atoms with van der Waals surface area (Å²) >= 11 is 3.35. The van der Waals surface area contributed by atoms with E-state index < -0.39 is 6.10 Å². The van der Waals surface area contributed by atoms with Crippen LogP contribution in [0.25, 0.3) is 0 Å². The number of ether oxygens (including phenoxy) is 1. The molecule has 0 saturated carbocycles. The number of amides is 1. The largest absolute Gasteiger partial charge is 0.491 e. The molecule has 8 heteroatoms. The summed E-state index contributed by atoms with van der Waals surface area (Å²) in [6.07, 6.45) is 3.74. The van der Waals surface area contributed by atoms with Gasteiger partial charge in [-0.2, -0.15) is 0 Å². The number of carbonyl (C=O) groups excluding carboxylic acids is 1. The number of hydrogen-bond acceptors (Lipinski definition) is 6. The van der Waals surface area contributed by atoms with Crippen LogP contribution in [0.3, 0.4) is 0 Å². The number of nitrogens with one attached hydrogen (secondary N) is 1. The van der Waals surface area contributed by atoms with E-state index in [0.717, 1.165) is 30.7 Å². The minimum Gasteiger partial charge on any atom is -0.491 e. The van der Waals surface area contributed by atoms with Crippen LogP contribution in [0.1, 0.15) is 72.8 Å². The van der Waals surface area contributed by atoms with E-state index in [0.29, 0.717) is 35.5 Å². The number of piperidine rings is 1. The fourth-order valence-corrected chi connectivity index (χ4v) is 6.42. The van der Waals surface area contributed by atoms with Gasteiger partial charge in [0.2, 0.25) is 0 Å². The predicted molar refractivity (Wildman–Crippen MR) is 150 cm³/mol. The van der Waals surface area contributed by atoms with Crippen LogP contribution in [0.5, 0.6) is 5.75 Å². The molecule has 0 radical (unpaired) electrons. The second kappa shape index (κ2) is 12.2. The number of aliphatic hydroxyl groups is 1. The molecule has 37 heavy (non-hydrogen) atoms. The Kier molecular flexibility index (Phi) is 9.27. The number of carbonyl (C=O) groups is 1. The zero-order valence-corrected chi connectivity index (χ0v) is 24.3. The molecule has 4 rings (SSSR count). The molecule has 2 N–H and O–H groups in total. The van der Waals surface area contributed by atoms with Crippen molar-refractivity contribution in [3.05, 3.63) is 57.3 Å². The van der Waals surface area contributed by atoms with Crippen molar-refractivity contribution >= 4 is 21.8 Å². The van der Waals surface area contributed by atoms with Gasteiger partial charge < -0.3 is 20.1 Å². The van der Waals surface area contributed by atoms with Gasteiger partial charge in [0.15, 0.2) is 0 Å². The zero-order chi connectivity index (χ0) is 26.7. The molecule has 1 amide bonds. The highest BCUT2D eigenvalue weighted by atomic mass is 79.9. The van der Waals surface area contributed by atoms with Crippen molar-refractivity contribution in [3.8, 4) is 5.75 Å². The molecule has 202 valence electrons. The first kappa shape index (κ1) is 28.0. The molecule has 2 aliphatic rings. The first-order valence-electron chi connectivity index (χ1n) is 13.5. The lowest BCUT2D eigenvalue weighted by molar-refractivity contribution is 0.0684. The van der Waals surface area contributed by atoms with Gasteiger partial charge in [0.25, 0.3) is 5.91 Å². The Hall–Kier alpha value is -2.00. The van der Waals surface area contributed by atoms with Crippen LogP contribution >= 0.6 is 15.9 Å². The van der Waals surface area contributed by atoms with Crippen molar-refractivity contribution in [1.29, 1.82) is 0 Å². The van der Waals surface area contributed by atoms with Crippen LogP contribution in [0.2, 0.25) is 0 Å². The van der Waals surface area contributed by atoms with E-state index in [1.165, 1.54) is 24.0 Å². The highest BCUT2D eigenvalue weighted by Gasteiger charge is 2.43. The monoisotopic (exact) mass is 572 g/mol. The molecule has 2 aliphatic heterocycles. The van der Waals surface area contributed by atoms with Gasteiger partial charge in [0.1, 0.15) is 28.8 Å². The maximum atomic E-state index is 12.8. The number of halogens is 1. The van der Waals surface area contributed by atoms with E-state index in [1.807, 2.05) is 19.2 Å². The molecular weight excluding hydrogens is 532 g/mol. The quantitative estimate of drug-likeness (QED) is 0.404. The Balaban J connectivity index is 1.39. The van der Waals surface area contributed by atoms with Crippen molar-refractivity contribution in [3.63, 3.8) is 0 Å². The Labute approximate surface area is 229 Å². The van der Waals surface area contributed by atoms with Crippen molar-refractivity contribution in [2.24, 2.45) is 0 Å². The highest BCUT2D eigenvalue weighted by Crippen LogP contribution is 2.43. The topological polar surface area (TPSA) is 77.9 Å². The van der Waals surface area contributed by atoms with Crippen LogP contribution in [0, 0.1) is 13.8 Å². The standard InChI is InChI=1S/C29H41BrN4O3/c1-6-33(5)16-24(35)17-37-27-13-12-25(18(2)19(27)3)20(4)34-22-10-11-23(34)15-21(14-22)31-29(36)26-8-7-9-28(30)32-26/h7-9,12-13,20-24,35H,6,10-11,14-17H2,1-5H3,(H,31,36)/t20?,21?,22?,23?,24-/m0/s1. The minimum atomic E-state index is -0.514. The number of fused-ring (bicyclic) bond motifs is 2. The van der Waals surface area contributed by atoms with Gasteiger partial charge in [-0.15, -0.1) is 0 Å². The second-order valence-electron chi connectivity index (χ2n) is 10.7. The summed E-state index contributed by atoms with van der Waals surface area (Å²) in [6, 6.07) is 11.1. The number of rotatable bonds is 10. The molecule has 0 aliphatic carbocycles. The van der Waals surface area contributed by atoms with Gasteiger partial charge >= 0.3 is 0 Å². The number of pyridine rings is 1. The Morgan fingerprint density at radius 1 is 1.22 bits per heavy atom. The molecule has 0 spiro atoms.